The van der Waals surface area contributed by atoms with Gasteiger partial charge < -0.3 is 14.7 Å². The lowest BCUT2D eigenvalue weighted by atomic mass is 10.1. The van der Waals surface area contributed by atoms with Gasteiger partial charge in [0.05, 0.1) is 7.11 Å². The smallest absolute Gasteiger partial charge is 0.123 e. The molecule has 0 amide bonds. The van der Waals surface area contributed by atoms with E-state index in [1.807, 2.05) is 12.1 Å². The van der Waals surface area contributed by atoms with E-state index in [0.717, 1.165) is 35.3 Å². The van der Waals surface area contributed by atoms with Crippen LogP contribution in [0, 0.1) is 5.92 Å². The summed E-state index contributed by atoms with van der Waals surface area (Å²) in [6.07, 6.45) is 0.996. The van der Waals surface area contributed by atoms with E-state index in [0.29, 0.717) is 5.92 Å². The van der Waals surface area contributed by atoms with Gasteiger partial charge in [0.15, 0.2) is 0 Å². The molecule has 0 fully saturated rings. The summed E-state index contributed by atoms with van der Waals surface area (Å²) < 4.78 is 6.42. The second-order valence-corrected chi connectivity index (χ2v) is 5.53. The molecule has 0 bridgehead atoms. The van der Waals surface area contributed by atoms with Crippen molar-refractivity contribution < 1.29 is 9.84 Å². The number of aliphatic hydroxyl groups is 1. The van der Waals surface area contributed by atoms with E-state index >= 15 is 0 Å². The van der Waals surface area contributed by atoms with Crippen molar-refractivity contribution >= 4 is 15.9 Å². The maximum Gasteiger partial charge on any atom is 0.123 e. The average Bonchev–Trinajstić information content (AvgIpc) is 2.36. The highest BCUT2D eigenvalue weighted by Gasteiger charge is 2.11. The molecule has 1 N–H and O–H groups in total. The monoisotopic (exact) mass is 315 g/mol. The summed E-state index contributed by atoms with van der Waals surface area (Å²) in [6, 6.07) is 6.02. The predicted octanol–water partition coefficient (Wildman–Crippen LogP) is 2.91. The Morgan fingerprint density at radius 2 is 2.17 bits per heavy atom. The third kappa shape index (κ3) is 4.59. The molecule has 102 valence electrons. The Balaban J connectivity index is 2.68. The Bertz CT molecular complexity index is 367. The Morgan fingerprint density at radius 3 is 2.72 bits per heavy atom. The van der Waals surface area contributed by atoms with Crippen molar-refractivity contribution in [1.82, 2.24) is 4.90 Å². The zero-order valence-electron chi connectivity index (χ0n) is 11.3. The highest BCUT2D eigenvalue weighted by atomic mass is 79.9. The first-order valence-corrected chi connectivity index (χ1v) is 7.01. The van der Waals surface area contributed by atoms with Gasteiger partial charge in [0, 0.05) is 29.7 Å². The van der Waals surface area contributed by atoms with E-state index < -0.39 is 0 Å². The first-order valence-electron chi connectivity index (χ1n) is 6.22. The summed E-state index contributed by atoms with van der Waals surface area (Å²) in [4.78, 5) is 2.22. The summed E-state index contributed by atoms with van der Waals surface area (Å²) in [7, 11) is 3.76. The Kier molecular flexibility index (Phi) is 6.68. The van der Waals surface area contributed by atoms with Crippen LogP contribution >= 0.6 is 15.9 Å². The van der Waals surface area contributed by atoms with Crippen LogP contribution in [0.5, 0.6) is 5.75 Å². The molecule has 18 heavy (non-hydrogen) atoms. The minimum absolute atomic E-state index is 0.246. The number of rotatable bonds is 7. The molecule has 3 nitrogen and oxygen atoms in total. The lowest BCUT2D eigenvalue weighted by molar-refractivity contribution is 0.172. The highest BCUT2D eigenvalue weighted by molar-refractivity contribution is 9.10. The molecular formula is C14H22BrNO2. The largest absolute Gasteiger partial charge is 0.496 e. The van der Waals surface area contributed by atoms with E-state index in [4.69, 9.17) is 4.74 Å². The van der Waals surface area contributed by atoms with Gasteiger partial charge in [-0.1, -0.05) is 22.9 Å². The molecule has 0 aliphatic heterocycles. The number of aliphatic hydroxyl groups excluding tert-OH is 1. The minimum Gasteiger partial charge on any atom is -0.496 e. The normalized spacial score (nSPS) is 12.8. The summed E-state index contributed by atoms with van der Waals surface area (Å²) >= 11 is 3.48. The second kappa shape index (κ2) is 7.77. The van der Waals surface area contributed by atoms with Crippen LogP contribution in [0.3, 0.4) is 0 Å². The number of hydrogen-bond donors (Lipinski definition) is 1. The van der Waals surface area contributed by atoms with Crippen molar-refractivity contribution in [2.24, 2.45) is 5.92 Å². The Morgan fingerprint density at radius 1 is 1.44 bits per heavy atom. The molecule has 0 heterocycles. The van der Waals surface area contributed by atoms with Gasteiger partial charge in [0.1, 0.15) is 5.75 Å². The number of halogens is 1. The van der Waals surface area contributed by atoms with Crippen LogP contribution in [0.1, 0.15) is 18.9 Å². The van der Waals surface area contributed by atoms with Crippen LogP contribution in [0.4, 0.5) is 0 Å². The van der Waals surface area contributed by atoms with Crippen LogP contribution < -0.4 is 4.74 Å². The molecule has 1 unspecified atom stereocenters. The zero-order chi connectivity index (χ0) is 13.5. The van der Waals surface area contributed by atoms with E-state index in [2.05, 4.69) is 40.9 Å². The van der Waals surface area contributed by atoms with Gasteiger partial charge in [-0.2, -0.15) is 0 Å². The first kappa shape index (κ1) is 15.5. The Labute approximate surface area is 118 Å². The van der Waals surface area contributed by atoms with Gasteiger partial charge in [-0.05, 0) is 37.6 Å². The van der Waals surface area contributed by atoms with Crippen LogP contribution in [-0.2, 0) is 6.54 Å². The quantitative estimate of drug-likeness (QED) is 0.839. The van der Waals surface area contributed by atoms with Gasteiger partial charge in [0.25, 0.3) is 0 Å². The molecule has 4 heteroatoms. The fraction of sp³-hybridized carbons (Fsp3) is 0.571. The molecule has 1 atom stereocenters. The number of hydrogen-bond acceptors (Lipinski definition) is 3. The molecule has 1 aromatic rings. The van der Waals surface area contributed by atoms with E-state index in [1.165, 1.54) is 0 Å². The third-order valence-corrected chi connectivity index (χ3v) is 3.58. The average molecular weight is 316 g/mol. The zero-order valence-corrected chi connectivity index (χ0v) is 12.9. The molecule has 0 aliphatic rings. The topological polar surface area (TPSA) is 32.7 Å². The standard InChI is InChI=1S/C14H22BrNO2/c1-4-11(10-17)8-16(2)9-12-7-13(15)5-6-14(12)18-3/h5-7,11,17H,4,8-10H2,1-3H3. The second-order valence-electron chi connectivity index (χ2n) is 4.61. The molecule has 0 spiro atoms. The van der Waals surface area contributed by atoms with E-state index in [9.17, 15) is 5.11 Å². The Hall–Kier alpha value is -0.580. The fourth-order valence-electron chi connectivity index (χ4n) is 1.98. The SMILES string of the molecule is CCC(CO)CN(C)Cc1cc(Br)ccc1OC. The maximum absolute atomic E-state index is 9.23. The number of methoxy groups -OCH3 is 1. The number of benzene rings is 1. The molecule has 1 aromatic carbocycles. The number of nitrogens with zero attached hydrogens (tertiary/aromatic N) is 1. The van der Waals surface area contributed by atoms with Gasteiger partial charge in [-0.25, -0.2) is 0 Å². The van der Waals surface area contributed by atoms with Crippen molar-refractivity contribution in [3.63, 3.8) is 0 Å². The highest BCUT2D eigenvalue weighted by Crippen LogP contribution is 2.24. The van der Waals surface area contributed by atoms with Crippen molar-refractivity contribution in [2.45, 2.75) is 19.9 Å². The van der Waals surface area contributed by atoms with Crippen LogP contribution in [-0.4, -0.2) is 37.3 Å². The summed E-state index contributed by atoms with van der Waals surface area (Å²) in [6.45, 7) is 4.06. The minimum atomic E-state index is 0.246. The van der Waals surface area contributed by atoms with Crippen LogP contribution in [0.15, 0.2) is 22.7 Å². The first-order chi connectivity index (χ1) is 8.60. The molecular weight excluding hydrogens is 294 g/mol. The van der Waals surface area contributed by atoms with Gasteiger partial charge in [-0.15, -0.1) is 0 Å². The molecule has 1 rings (SSSR count). The van der Waals surface area contributed by atoms with E-state index in [1.54, 1.807) is 7.11 Å². The van der Waals surface area contributed by atoms with Crippen molar-refractivity contribution in [2.75, 3.05) is 27.3 Å². The maximum atomic E-state index is 9.23. The molecule has 0 aliphatic carbocycles. The molecule has 0 radical (unpaired) electrons. The van der Waals surface area contributed by atoms with Gasteiger partial charge in [0.2, 0.25) is 0 Å². The summed E-state index contributed by atoms with van der Waals surface area (Å²) in [5, 5.41) is 9.23. The third-order valence-electron chi connectivity index (χ3n) is 3.09. The predicted molar refractivity (Wildman–Crippen MR) is 77.9 cm³/mol. The lowest BCUT2D eigenvalue weighted by Gasteiger charge is -2.22. The van der Waals surface area contributed by atoms with Crippen molar-refractivity contribution in [3.05, 3.63) is 28.2 Å². The molecule has 0 aromatic heterocycles. The van der Waals surface area contributed by atoms with Gasteiger partial charge >= 0.3 is 0 Å². The summed E-state index contributed by atoms with van der Waals surface area (Å²) in [5.74, 6) is 1.25. The molecule has 0 saturated carbocycles. The summed E-state index contributed by atoms with van der Waals surface area (Å²) in [5.41, 5.74) is 1.15. The van der Waals surface area contributed by atoms with Crippen molar-refractivity contribution in [3.8, 4) is 5.75 Å². The van der Waals surface area contributed by atoms with Crippen LogP contribution in [0.2, 0.25) is 0 Å². The number of ether oxygens (including phenoxy) is 1. The van der Waals surface area contributed by atoms with E-state index in [-0.39, 0.29) is 6.61 Å². The fourth-order valence-corrected chi connectivity index (χ4v) is 2.39. The lowest BCUT2D eigenvalue weighted by Crippen LogP contribution is -2.27. The molecule has 0 saturated heterocycles. The van der Waals surface area contributed by atoms with Crippen LogP contribution in [0.25, 0.3) is 0 Å². The van der Waals surface area contributed by atoms with Crippen molar-refractivity contribution in [1.29, 1.82) is 0 Å². The van der Waals surface area contributed by atoms with Gasteiger partial charge in [-0.3, -0.25) is 0 Å².